The lowest BCUT2D eigenvalue weighted by Crippen LogP contribution is -2.27. The minimum absolute atomic E-state index is 0.111. The molecule has 0 bridgehead atoms. The molecule has 1 saturated heterocycles. The van der Waals surface area contributed by atoms with Crippen LogP contribution >= 0.6 is 0 Å². The average molecular weight is 448 g/mol. The van der Waals surface area contributed by atoms with Crippen LogP contribution in [0, 0.1) is 18.8 Å². The summed E-state index contributed by atoms with van der Waals surface area (Å²) in [5.41, 5.74) is 4.77. The van der Waals surface area contributed by atoms with Crippen molar-refractivity contribution in [1.29, 1.82) is 0 Å². The molecule has 6 nitrogen and oxygen atoms in total. The van der Waals surface area contributed by atoms with Gasteiger partial charge in [-0.05, 0) is 99.0 Å². The lowest BCUT2D eigenvalue weighted by atomic mass is 10.0. The van der Waals surface area contributed by atoms with Crippen LogP contribution in [0.4, 0.5) is 5.69 Å². The van der Waals surface area contributed by atoms with E-state index in [1.165, 1.54) is 12.8 Å². The average Bonchev–Trinajstić information content (AvgIpc) is 3.58. The van der Waals surface area contributed by atoms with Gasteiger partial charge in [-0.25, -0.2) is 0 Å². The van der Waals surface area contributed by atoms with Gasteiger partial charge >= 0.3 is 0 Å². The molecule has 1 aliphatic carbocycles. The number of amides is 1. The number of carbonyl (C=O) groups is 1. The molecule has 2 fully saturated rings. The minimum atomic E-state index is -0.111. The van der Waals surface area contributed by atoms with Crippen molar-refractivity contribution in [3.8, 4) is 5.75 Å². The third-order valence-electron chi connectivity index (χ3n) is 6.77. The maximum Gasteiger partial charge on any atom is 0.255 e. The molecular formula is C27H33N3O3. The first-order valence-electron chi connectivity index (χ1n) is 12.1. The van der Waals surface area contributed by atoms with E-state index < -0.39 is 0 Å². The van der Waals surface area contributed by atoms with Crippen LogP contribution in [-0.2, 0) is 11.3 Å². The second-order valence-corrected chi connectivity index (χ2v) is 9.41. The molecule has 5 rings (SSSR count). The number of fused-ring (bicyclic) bond motifs is 1. The van der Waals surface area contributed by atoms with Crippen LogP contribution < -0.4 is 15.4 Å². The van der Waals surface area contributed by atoms with Crippen LogP contribution in [0.5, 0.6) is 5.75 Å². The van der Waals surface area contributed by atoms with Crippen molar-refractivity contribution in [1.82, 2.24) is 10.3 Å². The molecule has 1 amide bonds. The summed E-state index contributed by atoms with van der Waals surface area (Å²) in [5, 5.41) is 7.79. The molecule has 1 aliphatic heterocycles. The molecule has 2 aromatic carbocycles. The van der Waals surface area contributed by atoms with Crippen molar-refractivity contribution in [2.24, 2.45) is 11.8 Å². The van der Waals surface area contributed by atoms with Gasteiger partial charge in [-0.1, -0.05) is 0 Å². The van der Waals surface area contributed by atoms with E-state index >= 15 is 0 Å². The predicted molar refractivity (Wildman–Crippen MR) is 131 cm³/mol. The fourth-order valence-electron chi connectivity index (χ4n) is 4.39. The Morgan fingerprint density at radius 1 is 1.06 bits per heavy atom. The molecule has 3 aromatic rings. The summed E-state index contributed by atoms with van der Waals surface area (Å²) < 4.78 is 11.2. The largest absolute Gasteiger partial charge is 0.493 e. The summed E-state index contributed by atoms with van der Waals surface area (Å²) >= 11 is 0. The normalized spacial score (nSPS) is 16.8. The Kier molecular flexibility index (Phi) is 6.65. The van der Waals surface area contributed by atoms with E-state index in [2.05, 4.69) is 28.6 Å². The number of hydrogen-bond donors (Lipinski definition) is 3. The molecule has 2 aliphatic rings. The Morgan fingerprint density at radius 2 is 1.85 bits per heavy atom. The number of ether oxygens (including phenoxy) is 2. The fraction of sp³-hybridized carbons (Fsp3) is 0.444. The highest BCUT2D eigenvalue weighted by Gasteiger charge is 2.22. The van der Waals surface area contributed by atoms with Gasteiger partial charge in [0.15, 0.2) is 0 Å². The van der Waals surface area contributed by atoms with Crippen molar-refractivity contribution in [2.75, 3.05) is 31.7 Å². The van der Waals surface area contributed by atoms with Crippen LogP contribution in [0.25, 0.3) is 10.9 Å². The van der Waals surface area contributed by atoms with Crippen molar-refractivity contribution < 1.29 is 14.3 Å². The van der Waals surface area contributed by atoms with E-state index in [1.54, 1.807) is 0 Å². The van der Waals surface area contributed by atoms with Gasteiger partial charge in [-0.2, -0.15) is 0 Å². The molecule has 0 radical (unpaired) electrons. The van der Waals surface area contributed by atoms with Crippen LogP contribution in [0.2, 0.25) is 0 Å². The zero-order valence-corrected chi connectivity index (χ0v) is 19.3. The fourth-order valence-corrected chi connectivity index (χ4v) is 4.39. The van der Waals surface area contributed by atoms with Gasteiger partial charge in [0.05, 0.1) is 6.61 Å². The zero-order valence-electron chi connectivity index (χ0n) is 19.3. The van der Waals surface area contributed by atoms with Gasteiger partial charge in [0.1, 0.15) is 5.75 Å². The number of carbonyl (C=O) groups excluding carboxylic acids is 1. The highest BCUT2D eigenvalue weighted by atomic mass is 16.5. The lowest BCUT2D eigenvalue weighted by Gasteiger charge is -2.22. The molecule has 2 heterocycles. The number of benzene rings is 2. The zero-order chi connectivity index (χ0) is 22.6. The van der Waals surface area contributed by atoms with E-state index in [9.17, 15) is 4.79 Å². The Bertz CT molecular complexity index is 1100. The predicted octanol–water partition coefficient (Wildman–Crippen LogP) is 5.03. The number of H-pyrrole nitrogens is 1. The summed E-state index contributed by atoms with van der Waals surface area (Å²) in [4.78, 5) is 16.3. The topological polar surface area (TPSA) is 75.4 Å². The standard InChI is InChI=1S/C27H33N3O3/c1-18-24-14-22(16-28-15-19-10-12-32-13-11-19)29-26(24)9-8-25(18)30-27(31)21-4-6-23(7-5-21)33-17-20-2-3-20/h4-9,14,19-20,28-29H,2-3,10-13,15-17H2,1H3,(H,30,31). The Morgan fingerprint density at radius 3 is 2.61 bits per heavy atom. The van der Waals surface area contributed by atoms with E-state index in [0.29, 0.717) is 17.4 Å². The second kappa shape index (κ2) is 9.98. The van der Waals surface area contributed by atoms with E-state index in [1.807, 2.05) is 36.4 Å². The lowest BCUT2D eigenvalue weighted by molar-refractivity contribution is 0.0662. The van der Waals surface area contributed by atoms with Crippen LogP contribution in [0.3, 0.4) is 0 Å². The minimum Gasteiger partial charge on any atom is -0.493 e. The van der Waals surface area contributed by atoms with Crippen LogP contribution in [0.1, 0.15) is 47.3 Å². The molecule has 0 atom stereocenters. The first-order chi connectivity index (χ1) is 16.2. The molecule has 6 heteroatoms. The summed E-state index contributed by atoms with van der Waals surface area (Å²) in [6.07, 6.45) is 4.80. The van der Waals surface area contributed by atoms with Gasteiger partial charge in [0, 0.05) is 47.6 Å². The Labute approximate surface area is 195 Å². The third-order valence-corrected chi connectivity index (χ3v) is 6.77. The van der Waals surface area contributed by atoms with Gasteiger partial charge < -0.3 is 25.1 Å². The maximum absolute atomic E-state index is 12.8. The van der Waals surface area contributed by atoms with Gasteiger partial charge in [-0.3, -0.25) is 4.79 Å². The Balaban J connectivity index is 1.19. The van der Waals surface area contributed by atoms with Gasteiger partial charge in [0.25, 0.3) is 5.91 Å². The number of rotatable bonds is 9. The van der Waals surface area contributed by atoms with Crippen LogP contribution in [0.15, 0.2) is 42.5 Å². The molecule has 33 heavy (non-hydrogen) atoms. The summed E-state index contributed by atoms with van der Waals surface area (Å²) in [6.45, 7) is 6.41. The van der Waals surface area contributed by atoms with Gasteiger partial charge in [-0.15, -0.1) is 0 Å². The molecular weight excluding hydrogens is 414 g/mol. The number of anilines is 1. The summed E-state index contributed by atoms with van der Waals surface area (Å²) in [5.74, 6) is 2.12. The van der Waals surface area contributed by atoms with E-state index in [4.69, 9.17) is 9.47 Å². The molecule has 1 saturated carbocycles. The Hall–Kier alpha value is -2.83. The van der Waals surface area contributed by atoms with Crippen molar-refractivity contribution in [3.63, 3.8) is 0 Å². The smallest absolute Gasteiger partial charge is 0.255 e. The highest BCUT2D eigenvalue weighted by Crippen LogP contribution is 2.30. The number of nitrogens with one attached hydrogen (secondary N) is 3. The first kappa shape index (κ1) is 22.0. The van der Waals surface area contributed by atoms with Crippen molar-refractivity contribution in [3.05, 3.63) is 59.3 Å². The number of hydrogen-bond acceptors (Lipinski definition) is 4. The summed E-state index contributed by atoms with van der Waals surface area (Å²) in [7, 11) is 0. The molecule has 0 unspecified atom stereocenters. The number of aryl methyl sites for hydroxylation is 1. The SMILES string of the molecule is Cc1c(NC(=O)c2ccc(OCC3CC3)cc2)ccc2[nH]c(CNCC3CCOCC3)cc12. The third kappa shape index (κ3) is 5.57. The quantitative estimate of drug-likeness (QED) is 0.430. The van der Waals surface area contributed by atoms with Crippen molar-refractivity contribution >= 4 is 22.5 Å². The van der Waals surface area contributed by atoms with E-state index in [-0.39, 0.29) is 5.91 Å². The number of aromatic nitrogens is 1. The van der Waals surface area contributed by atoms with Gasteiger partial charge in [0.2, 0.25) is 0 Å². The maximum atomic E-state index is 12.8. The summed E-state index contributed by atoms with van der Waals surface area (Å²) in [6, 6.07) is 13.6. The second-order valence-electron chi connectivity index (χ2n) is 9.41. The van der Waals surface area contributed by atoms with Crippen LogP contribution in [-0.4, -0.2) is 37.3 Å². The molecule has 3 N–H and O–H groups in total. The molecule has 1 aromatic heterocycles. The van der Waals surface area contributed by atoms with E-state index in [0.717, 1.165) is 79.3 Å². The molecule has 0 spiro atoms. The number of aromatic amines is 1. The molecule has 174 valence electrons. The van der Waals surface area contributed by atoms with Crippen molar-refractivity contribution in [2.45, 2.75) is 39.2 Å². The first-order valence-corrected chi connectivity index (χ1v) is 12.1. The highest BCUT2D eigenvalue weighted by molar-refractivity contribution is 6.06. The monoisotopic (exact) mass is 447 g/mol.